The van der Waals surface area contributed by atoms with Crippen molar-refractivity contribution in [3.05, 3.63) is 35.9 Å². The molecule has 0 aromatic heterocycles. The Morgan fingerprint density at radius 1 is 0.865 bits per heavy atom. The third-order valence-corrected chi connectivity index (χ3v) is 6.38. The van der Waals surface area contributed by atoms with Crippen molar-refractivity contribution in [2.45, 2.75) is 90.4 Å². The van der Waals surface area contributed by atoms with Crippen LogP contribution in [-0.2, 0) is 25.6 Å². The fourth-order valence-corrected chi connectivity index (χ4v) is 3.84. The maximum atomic E-state index is 13.2. The van der Waals surface area contributed by atoms with Crippen molar-refractivity contribution >= 4 is 23.7 Å². The zero-order valence-electron chi connectivity index (χ0n) is 22.5. The average molecular weight is 520 g/mol. The molecule has 0 aliphatic heterocycles. The molecule has 3 amide bonds. The minimum absolute atomic E-state index is 0.0601. The molecule has 0 fully saturated rings. The van der Waals surface area contributed by atoms with E-state index in [1.807, 2.05) is 33.8 Å². The molecule has 0 heterocycles. The molecule has 208 valence electrons. The van der Waals surface area contributed by atoms with E-state index in [9.17, 15) is 24.3 Å². The van der Waals surface area contributed by atoms with Gasteiger partial charge in [-0.05, 0) is 49.6 Å². The maximum absolute atomic E-state index is 13.2. The summed E-state index contributed by atoms with van der Waals surface area (Å²) < 4.78 is 0. The molecule has 37 heavy (non-hydrogen) atoms. The number of nitrogens with two attached hydrogens (primary N) is 2. The second kappa shape index (κ2) is 16.7. The highest BCUT2D eigenvalue weighted by atomic mass is 16.4. The molecule has 10 heteroatoms. The number of aliphatic carboxylic acids is 1. The predicted molar refractivity (Wildman–Crippen MR) is 143 cm³/mol. The van der Waals surface area contributed by atoms with Crippen LogP contribution in [0.2, 0.25) is 0 Å². The topological polar surface area (TPSA) is 177 Å². The molecule has 1 aromatic rings. The lowest BCUT2D eigenvalue weighted by Crippen LogP contribution is -2.58. The van der Waals surface area contributed by atoms with Gasteiger partial charge in [0.05, 0.1) is 6.04 Å². The van der Waals surface area contributed by atoms with Crippen LogP contribution < -0.4 is 27.4 Å². The van der Waals surface area contributed by atoms with Crippen LogP contribution in [0.4, 0.5) is 0 Å². The van der Waals surface area contributed by atoms with Crippen LogP contribution in [-0.4, -0.2) is 59.5 Å². The Morgan fingerprint density at radius 3 is 1.97 bits per heavy atom. The highest BCUT2D eigenvalue weighted by Crippen LogP contribution is 2.11. The number of benzene rings is 1. The fourth-order valence-electron chi connectivity index (χ4n) is 3.84. The van der Waals surface area contributed by atoms with Gasteiger partial charge in [-0.15, -0.1) is 0 Å². The Balaban J connectivity index is 3.02. The van der Waals surface area contributed by atoms with Crippen molar-refractivity contribution in [2.75, 3.05) is 6.54 Å². The van der Waals surface area contributed by atoms with E-state index in [-0.39, 0.29) is 24.7 Å². The first-order chi connectivity index (χ1) is 17.5. The monoisotopic (exact) mass is 519 g/mol. The predicted octanol–water partition coefficient (Wildman–Crippen LogP) is 1.32. The normalized spacial score (nSPS) is 15.2. The third-order valence-electron chi connectivity index (χ3n) is 6.38. The molecule has 1 aromatic carbocycles. The zero-order chi connectivity index (χ0) is 28.0. The second-order valence-corrected chi connectivity index (χ2v) is 10.0. The largest absolute Gasteiger partial charge is 0.480 e. The molecule has 5 atom stereocenters. The Labute approximate surface area is 220 Å². The lowest BCUT2D eigenvalue weighted by Gasteiger charge is -2.27. The summed E-state index contributed by atoms with van der Waals surface area (Å²) in [4.78, 5) is 51.0. The molecule has 0 saturated heterocycles. The number of carboxylic acids is 1. The molecule has 0 aliphatic rings. The number of carboxylic acid groups (broad SMARTS) is 1. The Bertz CT molecular complexity index is 864. The lowest BCUT2D eigenvalue weighted by molar-refractivity contribution is -0.142. The summed E-state index contributed by atoms with van der Waals surface area (Å²) in [5.74, 6) is -2.68. The molecular formula is C27H45N5O5. The molecule has 1 rings (SSSR count). The van der Waals surface area contributed by atoms with Crippen molar-refractivity contribution < 1.29 is 24.3 Å². The highest BCUT2D eigenvalue weighted by Gasteiger charge is 2.31. The van der Waals surface area contributed by atoms with Gasteiger partial charge >= 0.3 is 5.97 Å². The Hall–Kier alpha value is -2.98. The smallest absolute Gasteiger partial charge is 0.326 e. The van der Waals surface area contributed by atoms with Crippen LogP contribution in [0.5, 0.6) is 0 Å². The number of carbonyl (C=O) groups is 4. The number of carbonyl (C=O) groups excluding carboxylic acids is 3. The highest BCUT2D eigenvalue weighted by molar-refractivity contribution is 5.94. The minimum atomic E-state index is -1.17. The number of amides is 3. The molecule has 0 bridgehead atoms. The quantitative estimate of drug-likeness (QED) is 0.168. The Kier molecular flexibility index (Phi) is 14.5. The van der Waals surface area contributed by atoms with Crippen LogP contribution in [0.1, 0.15) is 65.4 Å². The van der Waals surface area contributed by atoms with Gasteiger partial charge in [0.15, 0.2) is 0 Å². The van der Waals surface area contributed by atoms with E-state index in [0.29, 0.717) is 32.2 Å². The van der Waals surface area contributed by atoms with Crippen molar-refractivity contribution in [3.63, 3.8) is 0 Å². The first-order valence-electron chi connectivity index (χ1n) is 13.1. The summed E-state index contributed by atoms with van der Waals surface area (Å²) in [6, 6.07) is 5.19. The molecule has 0 aliphatic carbocycles. The fraction of sp³-hybridized carbons (Fsp3) is 0.630. The van der Waals surface area contributed by atoms with Crippen LogP contribution >= 0.6 is 0 Å². The van der Waals surface area contributed by atoms with E-state index in [0.717, 1.165) is 5.56 Å². The molecule has 8 N–H and O–H groups in total. The van der Waals surface area contributed by atoms with E-state index < -0.39 is 47.9 Å². The van der Waals surface area contributed by atoms with Crippen LogP contribution in [0.3, 0.4) is 0 Å². The second-order valence-electron chi connectivity index (χ2n) is 10.0. The SMILES string of the molecule is CCC(C)C(N)C(=O)NC(CC(C)C)C(=O)NC(CCCCN)C(=O)NC(Cc1ccccc1)C(=O)O. The number of nitrogens with one attached hydrogen (secondary N) is 3. The molecular weight excluding hydrogens is 474 g/mol. The van der Waals surface area contributed by atoms with Crippen LogP contribution in [0, 0.1) is 11.8 Å². The van der Waals surface area contributed by atoms with Crippen LogP contribution in [0.15, 0.2) is 30.3 Å². The first-order valence-corrected chi connectivity index (χ1v) is 13.1. The summed E-state index contributed by atoms with van der Waals surface area (Å²) in [6.45, 7) is 8.07. The number of hydrogen-bond acceptors (Lipinski definition) is 6. The van der Waals surface area contributed by atoms with Gasteiger partial charge in [0, 0.05) is 6.42 Å². The molecule has 10 nitrogen and oxygen atoms in total. The van der Waals surface area contributed by atoms with Gasteiger partial charge in [-0.1, -0.05) is 64.4 Å². The van der Waals surface area contributed by atoms with Crippen molar-refractivity contribution in [3.8, 4) is 0 Å². The van der Waals surface area contributed by atoms with Gasteiger partial charge in [-0.25, -0.2) is 4.79 Å². The number of hydrogen-bond donors (Lipinski definition) is 6. The minimum Gasteiger partial charge on any atom is -0.480 e. The van der Waals surface area contributed by atoms with Gasteiger partial charge < -0.3 is 32.5 Å². The number of unbranched alkanes of at least 4 members (excludes halogenated alkanes) is 1. The number of rotatable bonds is 17. The van der Waals surface area contributed by atoms with E-state index in [1.54, 1.807) is 24.3 Å². The van der Waals surface area contributed by atoms with E-state index in [4.69, 9.17) is 11.5 Å². The summed E-state index contributed by atoms with van der Waals surface area (Å²) in [6.07, 6.45) is 2.65. The zero-order valence-corrected chi connectivity index (χ0v) is 22.5. The summed E-state index contributed by atoms with van der Waals surface area (Å²) in [7, 11) is 0. The van der Waals surface area contributed by atoms with Gasteiger partial charge in [0.25, 0.3) is 0 Å². The van der Waals surface area contributed by atoms with E-state index in [2.05, 4.69) is 16.0 Å². The van der Waals surface area contributed by atoms with Crippen LogP contribution in [0.25, 0.3) is 0 Å². The van der Waals surface area contributed by atoms with Gasteiger partial charge in [-0.3, -0.25) is 14.4 Å². The maximum Gasteiger partial charge on any atom is 0.326 e. The van der Waals surface area contributed by atoms with E-state index >= 15 is 0 Å². The van der Waals surface area contributed by atoms with Gasteiger partial charge in [-0.2, -0.15) is 0 Å². The third kappa shape index (κ3) is 11.7. The van der Waals surface area contributed by atoms with Gasteiger partial charge in [0.2, 0.25) is 17.7 Å². The van der Waals surface area contributed by atoms with E-state index in [1.165, 1.54) is 0 Å². The average Bonchev–Trinajstić information content (AvgIpc) is 2.86. The summed E-state index contributed by atoms with van der Waals surface area (Å²) in [5, 5.41) is 17.7. The first kappa shape index (κ1) is 32.0. The van der Waals surface area contributed by atoms with Crippen molar-refractivity contribution in [2.24, 2.45) is 23.3 Å². The molecule has 0 spiro atoms. The lowest BCUT2D eigenvalue weighted by atomic mass is 9.97. The molecule has 5 unspecified atom stereocenters. The summed E-state index contributed by atoms with van der Waals surface area (Å²) >= 11 is 0. The standard InChI is InChI=1S/C27H45N5O5/c1-5-18(4)23(29)26(35)31-21(15-17(2)3)25(34)30-20(13-9-10-14-28)24(33)32-22(27(36)37)16-19-11-7-6-8-12-19/h6-8,11-12,17-18,20-23H,5,9-10,13-16,28-29H2,1-4H3,(H,30,34)(H,31,35)(H,32,33)(H,36,37). The Morgan fingerprint density at radius 2 is 1.43 bits per heavy atom. The van der Waals surface area contributed by atoms with Gasteiger partial charge in [0.1, 0.15) is 18.1 Å². The van der Waals surface area contributed by atoms with Crippen molar-refractivity contribution in [1.29, 1.82) is 0 Å². The molecule has 0 radical (unpaired) electrons. The molecule has 0 saturated carbocycles. The van der Waals surface area contributed by atoms with Crippen molar-refractivity contribution in [1.82, 2.24) is 16.0 Å². The summed E-state index contributed by atoms with van der Waals surface area (Å²) in [5.41, 5.74) is 12.4.